The van der Waals surface area contributed by atoms with Crippen molar-refractivity contribution in [2.24, 2.45) is 11.7 Å². The van der Waals surface area contributed by atoms with E-state index in [2.05, 4.69) is 10.2 Å². The van der Waals surface area contributed by atoms with Gasteiger partial charge in [-0.3, -0.25) is 4.79 Å². The van der Waals surface area contributed by atoms with Gasteiger partial charge in [0.2, 0.25) is 5.91 Å². The third-order valence-electron chi connectivity index (χ3n) is 2.15. The van der Waals surface area contributed by atoms with E-state index >= 15 is 0 Å². The lowest BCUT2D eigenvalue weighted by molar-refractivity contribution is -0.123. The van der Waals surface area contributed by atoms with Crippen molar-refractivity contribution in [2.75, 3.05) is 27.2 Å². The van der Waals surface area contributed by atoms with Gasteiger partial charge in [-0.15, -0.1) is 0 Å². The van der Waals surface area contributed by atoms with Crippen LogP contribution in [-0.2, 0) is 4.79 Å². The number of carbonyl (C=O) groups excluding carboxylic acids is 1. The lowest BCUT2D eigenvalue weighted by Crippen LogP contribution is -2.38. The van der Waals surface area contributed by atoms with Gasteiger partial charge in [0.15, 0.2) is 0 Å². The topological polar surface area (TPSA) is 58.4 Å². The molecule has 0 saturated heterocycles. The molecule has 0 aliphatic heterocycles. The van der Waals surface area contributed by atoms with Crippen LogP contribution in [-0.4, -0.2) is 43.0 Å². The molecule has 0 saturated carbocycles. The van der Waals surface area contributed by atoms with Crippen LogP contribution in [0.3, 0.4) is 0 Å². The minimum Gasteiger partial charge on any atom is -0.393 e. The van der Waals surface area contributed by atoms with Gasteiger partial charge < -0.3 is 16.0 Å². The van der Waals surface area contributed by atoms with Crippen LogP contribution in [0, 0.1) is 5.92 Å². The Kier molecular flexibility index (Phi) is 7.25. The summed E-state index contributed by atoms with van der Waals surface area (Å²) in [7, 11) is 4.01. The number of hydrogen-bond acceptors (Lipinski definition) is 3. The Bertz CT molecular complexity index is 219. The van der Waals surface area contributed by atoms with Crippen LogP contribution in [0.1, 0.15) is 19.8 Å². The monoisotopic (exact) mass is 231 g/mol. The van der Waals surface area contributed by atoms with Crippen molar-refractivity contribution in [1.29, 1.82) is 0 Å². The third kappa shape index (κ3) is 6.41. The number of rotatable bonds is 7. The molecule has 0 bridgehead atoms. The quantitative estimate of drug-likeness (QED) is 0.491. The van der Waals surface area contributed by atoms with E-state index in [1.165, 1.54) is 0 Å². The van der Waals surface area contributed by atoms with Crippen LogP contribution in [0.2, 0.25) is 0 Å². The van der Waals surface area contributed by atoms with E-state index < -0.39 is 0 Å². The van der Waals surface area contributed by atoms with E-state index in [4.69, 9.17) is 18.0 Å². The summed E-state index contributed by atoms with van der Waals surface area (Å²) < 4.78 is 0. The largest absolute Gasteiger partial charge is 0.393 e. The highest BCUT2D eigenvalue weighted by atomic mass is 32.1. The van der Waals surface area contributed by atoms with E-state index in [-0.39, 0.29) is 16.8 Å². The fraction of sp³-hybridized carbons (Fsp3) is 0.800. The Morgan fingerprint density at radius 1 is 1.53 bits per heavy atom. The molecule has 0 radical (unpaired) electrons. The van der Waals surface area contributed by atoms with E-state index in [0.29, 0.717) is 13.0 Å². The van der Waals surface area contributed by atoms with Crippen molar-refractivity contribution in [3.05, 3.63) is 0 Å². The Morgan fingerprint density at radius 3 is 2.53 bits per heavy atom. The molecule has 0 aromatic carbocycles. The summed E-state index contributed by atoms with van der Waals surface area (Å²) in [5.74, 6) is -0.372. The summed E-state index contributed by atoms with van der Waals surface area (Å²) in [5.41, 5.74) is 5.46. The van der Waals surface area contributed by atoms with E-state index in [1.807, 2.05) is 21.0 Å². The number of amides is 1. The number of nitrogens with one attached hydrogen (secondary N) is 1. The van der Waals surface area contributed by atoms with Crippen LogP contribution >= 0.6 is 12.2 Å². The average Bonchev–Trinajstić information content (AvgIpc) is 2.12. The summed E-state index contributed by atoms with van der Waals surface area (Å²) in [6, 6.07) is 0. The third-order valence-corrected chi connectivity index (χ3v) is 2.43. The summed E-state index contributed by atoms with van der Waals surface area (Å²) in [4.78, 5) is 13.9. The Hall–Kier alpha value is -0.680. The van der Waals surface area contributed by atoms with Crippen molar-refractivity contribution >= 4 is 23.1 Å². The highest BCUT2D eigenvalue weighted by Gasteiger charge is 2.18. The molecule has 0 fully saturated rings. The molecule has 1 unspecified atom stereocenters. The molecule has 5 heteroatoms. The number of carbonyl (C=O) groups is 1. The van der Waals surface area contributed by atoms with Crippen molar-refractivity contribution in [3.63, 3.8) is 0 Å². The zero-order valence-electron chi connectivity index (χ0n) is 9.75. The van der Waals surface area contributed by atoms with Crippen LogP contribution < -0.4 is 11.1 Å². The van der Waals surface area contributed by atoms with E-state index in [0.717, 1.165) is 13.0 Å². The fourth-order valence-electron chi connectivity index (χ4n) is 1.25. The van der Waals surface area contributed by atoms with Crippen LogP contribution in [0.25, 0.3) is 0 Å². The number of thiocarbonyl (C=S) groups is 1. The minimum absolute atomic E-state index is 0.0521. The first kappa shape index (κ1) is 14.3. The summed E-state index contributed by atoms with van der Waals surface area (Å²) in [5, 5.41) is 2.84. The molecular formula is C10H21N3OS. The second kappa shape index (κ2) is 7.59. The first-order valence-corrected chi connectivity index (χ1v) is 5.61. The summed E-state index contributed by atoms with van der Waals surface area (Å²) in [6.45, 7) is 3.55. The lowest BCUT2D eigenvalue weighted by atomic mass is 10.1. The van der Waals surface area contributed by atoms with E-state index in [1.54, 1.807) is 0 Å². The molecule has 4 nitrogen and oxygen atoms in total. The molecule has 0 aromatic rings. The first-order valence-electron chi connectivity index (χ1n) is 5.20. The van der Waals surface area contributed by atoms with Crippen LogP contribution in [0.4, 0.5) is 0 Å². The molecule has 0 aromatic heterocycles. The molecule has 0 aliphatic carbocycles. The molecule has 0 heterocycles. The number of hydrogen-bond donors (Lipinski definition) is 2. The van der Waals surface area contributed by atoms with E-state index in [9.17, 15) is 4.79 Å². The van der Waals surface area contributed by atoms with Crippen molar-refractivity contribution in [2.45, 2.75) is 19.8 Å². The SMILES string of the molecule is CCC(C(=O)NCCCN(C)C)C(N)=S. The first-order chi connectivity index (χ1) is 6.99. The normalized spacial score (nSPS) is 12.5. The molecule has 15 heavy (non-hydrogen) atoms. The smallest absolute Gasteiger partial charge is 0.229 e. The predicted octanol–water partition coefficient (Wildman–Crippen LogP) is 0.367. The Labute approximate surface area is 97.2 Å². The molecule has 88 valence electrons. The molecule has 0 aliphatic rings. The van der Waals surface area contributed by atoms with Gasteiger partial charge in [-0.2, -0.15) is 0 Å². The molecule has 0 rings (SSSR count). The summed E-state index contributed by atoms with van der Waals surface area (Å²) >= 11 is 4.82. The highest BCUT2D eigenvalue weighted by molar-refractivity contribution is 7.80. The molecule has 3 N–H and O–H groups in total. The van der Waals surface area contributed by atoms with Gasteiger partial charge in [-0.05, 0) is 33.5 Å². The second-order valence-corrected chi connectivity index (χ2v) is 4.28. The van der Waals surface area contributed by atoms with Crippen molar-refractivity contribution < 1.29 is 4.79 Å². The zero-order valence-corrected chi connectivity index (χ0v) is 10.6. The number of nitrogens with zero attached hydrogens (tertiary/aromatic N) is 1. The van der Waals surface area contributed by atoms with Gasteiger partial charge in [0.1, 0.15) is 0 Å². The van der Waals surface area contributed by atoms with Crippen molar-refractivity contribution in [3.8, 4) is 0 Å². The van der Waals surface area contributed by atoms with Gasteiger partial charge in [-0.1, -0.05) is 19.1 Å². The molecule has 1 atom stereocenters. The standard InChI is InChI=1S/C10H21N3OS/c1-4-8(9(11)15)10(14)12-6-5-7-13(2)3/h8H,4-7H2,1-3H3,(H2,11,15)(H,12,14). The van der Waals surface area contributed by atoms with Crippen molar-refractivity contribution in [1.82, 2.24) is 10.2 Å². The maximum absolute atomic E-state index is 11.6. The molecule has 1 amide bonds. The minimum atomic E-state index is -0.320. The fourth-order valence-corrected chi connectivity index (χ4v) is 1.52. The maximum atomic E-state index is 11.6. The average molecular weight is 231 g/mol. The highest BCUT2D eigenvalue weighted by Crippen LogP contribution is 2.02. The van der Waals surface area contributed by atoms with Gasteiger partial charge in [0.05, 0.1) is 10.9 Å². The summed E-state index contributed by atoms with van der Waals surface area (Å²) in [6.07, 6.45) is 1.60. The van der Waals surface area contributed by atoms with Crippen LogP contribution in [0.5, 0.6) is 0 Å². The predicted molar refractivity (Wildman–Crippen MR) is 66.7 cm³/mol. The van der Waals surface area contributed by atoms with Gasteiger partial charge in [0.25, 0.3) is 0 Å². The molecule has 0 spiro atoms. The van der Waals surface area contributed by atoms with Crippen LogP contribution in [0.15, 0.2) is 0 Å². The maximum Gasteiger partial charge on any atom is 0.229 e. The Balaban J connectivity index is 3.77. The van der Waals surface area contributed by atoms with Gasteiger partial charge >= 0.3 is 0 Å². The van der Waals surface area contributed by atoms with Gasteiger partial charge in [0, 0.05) is 6.54 Å². The number of nitrogens with two attached hydrogens (primary N) is 1. The zero-order chi connectivity index (χ0) is 11.8. The lowest BCUT2D eigenvalue weighted by Gasteiger charge is -2.14. The molecular weight excluding hydrogens is 210 g/mol. The second-order valence-electron chi connectivity index (χ2n) is 3.81. The Morgan fingerprint density at radius 2 is 2.13 bits per heavy atom. The van der Waals surface area contributed by atoms with Gasteiger partial charge in [-0.25, -0.2) is 0 Å².